The van der Waals surface area contributed by atoms with Gasteiger partial charge < -0.3 is 5.32 Å². The molecule has 7 heteroatoms. The van der Waals surface area contributed by atoms with Crippen LogP contribution in [0, 0.1) is 11.8 Å². The Hall–Kier alpha value is -1.47. The van der Waals surface area contributed by atoms with Crippen molar-refractivity contribution in [3.8, 4) is 0 Å². The van der Waals surface area contributed by atoms with Gasteiger partial charge >= 0.3 is 0 Å². The van der Waals surface area contributed by atoms with Gasteiger partial charge in [0.2, 0.25) is 0 Å². The summed E-state index contributed by atoms with van der Waals surface area (Å²) in [7, 11) is -3.05. The minimum atomic E-state index is -3.05. The smallest absolute Gasteiger partial charge is 0.251 e. The molecule has 5 rings (SSSR count). The molecule has 1 aromatic carbocycles. The second-order valence-electron chi connectivity index (χ2n) is 9.04. The van der Waals surface area contributed by atoms with Crippen molar-refractivity contribution in [2.45, 2.75) is 56.3 Å². The third-order valence-corrected chi connectivity index (χ3v) is 7.01. The van der Waals surface area contributed by atoms with Crippen LogP contribution in [0.15, 0.2) is 24.3 Å². The Bertz CT molecular complexity index is 823. The fraction of sp³-hybridized carbons (Fsp3) is 0.650. The topological polar surface area (TPSA) is 75.3 Å². The number of carbonyl (C=O) groups is 1. The molecule has 4 aliphatic rings. The molecule has 5 nitrogen and oxygen atoms in total. The Kier molecular flexibility index (Phi) is 4.58. The molecule has 0 aromatic heterocycles. The third-order valence-electron chi connectivity index (χ3n) is 6.28. The quantitative estimate of drug-likeness (QED) is 0.778. The lowest BCUT2D eigenvalue weighted by molar-refractivity contribution is -0.0937. The van der Waals surface area contributed by atoms with Gasteiger partial charge in [0.15, 0.2) is 9.84 Å². The van der Waals surface area contributed by atoms with Crippen LogP contribution in [0.3, 0.4) is 0 Å². The third kappa shape index (κ3) is 4.19. The number of benzene rings is 1. The Balaban J connectivity index is 1.39. The molecular formula is C20H27FN2O3S. The zero-order chi connectivity index (χ0) is 19.3. The van der Waals surface area contributed by atoms with Gasteiger partial charge in [-0.2, -0.15) is 0 Å². The summed E-state index contributed by atoms with van der Waals surface area (Å²) in [5.41, 5.74) is -0.00349. The van der Waals surface area contributed by atoms with Crippen LogP contribution in [-0.2, 0) is 16.4 Å². The van der Waals surface area contributed by atoms with Gasteiger partial charge in [-0.15, -0.1) is 0 Å². The van der Waals surface area contributed by atoms with Crippen molar-refractivity contribution in [1.82, 2.24) is 10.6 Å². The van der Waals surface area contributed by atoms with Gasteiger partial charge in [0.05, 0.1) is 5.88 Å². The molecule has 0 radical (unpaired) electrons. The number of hydrogen-bond donors (Lipinski definition) is 2. The zero-order valence-corrected chi connectivity index (χ0v) is 16.4. The van der Waals surface area contributed by atoms with Gasteiger partial charge in [0.1, 0.15) is 5.67 Å². The van der Waals surface area contributed by atoms with Crippen LogP contribution in [-0.4, -0.2) is 37.7 Å². The number of rotatable bonds is 6. The first-order chi connectivity index (χ1) is 12.6. The minimum absolute atomic E-state index is 0.0783. The minimum Gasteiger partial charge on any atom is -0.346 e. The SMILES string of the molecule is CS(=O)(=O)CNCc1ccc(C(=O)NC23CC4CC(CC(F)(C4)C2)C3)cc1. The average molecular weight is 395 g/mol. The molecule has 2 N–H and O–H groups in total. The van der Waals surface area contributed by atoms with Crippen molar-refractivity contribution in [1.29, 1.82) is 0 Å². The maximum absolute atomic E-state index is 15.0. The highest BCUT2D eigenvalue weighted by Crippen LogP contribution is 2.59. The van der Waals surface area contributed by atoms with Crippen molar-refractivity contribution in [2.24, 2.45) is 11.8 Å². The van der Waals surface area contributed by atoms with Gasteiger partial charge in [-0.3, -0.25) is 10.1 Å². The van der Waals surface area contributed by atoms with Crippen molar-refractivity contribution >= 4 is 15.7 Å². The maximum Gasteiger partial charge on any atom is 0.251 e. The van der Waals surface area contributed by atoms with Crippen LogP contribution in [0.2, 0.25) is 0 Å². The van der Waals surface area contributed by atoms with E-state index in [0.717, 1.165) is 24.8 Å². The van der Waals surface area contributed by atoms with E-state index in [9.17, 15) is 13.2 Å². The summed E-state index contributed by atoms with van der Waals surface area (Å²) in [6.45, 7) is 0.423. The van der Waals surface area contributed by atoms with E-state index < -0.39 is 15.5 Å². The molecular weight excluding hydrogens is 367 g/mol. The number of nitrogens with one attached hydrogen (secondary N) is 2. The first-order valence-corrected chi connectivity index (χ1v) is 11.7. The van der Waals surface area contributed by atoms with Gasteiger partial charge in [0, 0.05) is 30.3 Å². The summed E-state index contributed by atoms with van der Waals surface area (Å²) in [6, 6.07) is 7.14. The predicted molar refractivity (Wildman–Crippen MR) is 102 cm³/mol. The van der Waals surface area contributed by atoms with Crippen LogP contribution >= 0.6 is 0 Å². The Labute approximate surface area is 160 Å². The molecule has 0 spiro atoms. The number of carbonyl (C=O) groups excluding carboxylic acids is 1. The zero-order valence-electron chi connectivity index (χ0n) is 15.6. The number of amides is 1. The standard InChI is InChI=1S/C20H27FN2O3S/c1-27(25,26)13-22-11-14-2-4-17(5-3-14)18(24)23-20-9-15-6-16(10-20)8-19(21,7-15)12-20/h2-5,15-16,22H,6-13H2,1H3,(H,23,24). The lowest BCUT2D eigenvalue weighted by Gasteiger charge is -2.59. The van der Waals surface area contributed by atoms with Crippen LogP contribution in [0.25, 0.3) is 0 Å². The Morgan fingerprint density at radius 1 is 1.15 bits per heavy atom. The van der Waals surface area contributed by atoms with E-state index in [0.29, 0.717) is 43.2 Å². The maximum atomic E-state index is 15.0. The molecule has 1 aromatic rings. The number of hydrogen-bond acceptors (Lipinski definition) is 4. The molecule has 4 fully saturated rings. The molecule has 0 heterocycles. The van der Waals surface area contributed by atoms with E-state index >= 15 is 4.39 Å². The second kappa shape index (κ2) is 6.55. The summed E-state index contributed by atoms with van der Waals surface area (Å²) in [4.78, 5) is 12.8. The summed E-state index contributed by atoms with van der Waals surface area (Å²) < 4.78 is 37.3. The molecule has 2 atom stereocenters. The fourth-order valence-corrected chi connectivity index (χ4v) is 6.24. The molecule has 4 bridgehead atoms. The highest BCUT2D eigenvalue weighted by Gasteiger charge is 2.58. The van der Waals surface area contributed by atoms with E-state index in [1.165, 1.54) is 6.26 Å². The molecule has 0 aliphatic heterocycles. The van der Waals surface area contributed by atoms with Crippen molar-refractivity contribution in [3.63, 3.8) is 0 Å². The van der Waals surface area contributed by atoms with E-state index in [1.54, 1.807) is 12.1 Å². The largest absolute Gasteiger partial charge is 0.346 e. The van der Waals surface area contributed by atoms with Crippen molar-refractivity contribution in [3.05, 3.63) is 35.4 Å². The van der Waals surface area contributed by atoms with E-state index in [4.69, 9.17) is 0 Å². The van der Waals surface area contributed by atoms with Crippen molar-refractivity contribution in [2.75, 3.05) is 12.1 Å². The lowest BCUT2D eigenvalue weighted by Crippen LogP contribution is -2.64. The van der Waals surface area contributed by atoms with E-state index in [2.05, 4.69) is 10.6 Å². The highest BCUT2D eigenvalue weighted by atomic mass is 32.2. The van der Waals surface area contributed by atoms with Gasteiger partial charge in [0.25, 0.3) is 5.91 Å². The number of alkyl halides is 1. The van der Waals surface area contributed by atoms with Crippen LogP contribution in [0.4, 0.5) is 4.39 Å². The molecule has 0 saturated heterocycles. The van der Waals surface area contributed by atoms with Crippen LogP contribution < -0.4 is 10.6 Å². The molecule has 4 aliphatic carbocycles. The molecule has 4 saturated carbocycles. The van der Waals surface area contributed by atoms with Crippen molar-refractivity contribution < 1.29 is 17.6 Å². The normalized spacial score (nSPS) is 34.6. The summed E-state index contributed by atoms with van der Waals surface area (Å²) in [5, 5.41) is 6.04. The number of halogens is 1. The van der Waals surface area contributed by atoms with E-state index in [1.807, 2.05) is 12.1 Å². The average Bonchev–Trinajstić information content (AvgIpc) is 2.51. The first kappa shape index (κ1) is 18.9. The van der Waals surface area contributed by atoms with E-state index in [-0.39, 0.29) is 17.3 Å². The lowest BCUT2D eigenvalue weighted by atomic mass is 9.51. The second-order valence-corrected chi connectivity index (χ2v) is 11.2. The first-order valence-electron chi connectivity index (χ1n) is 9.63. The molecule has 148 valence electrons. The highest BCUT2D eigenvalue weighted by molar-refractivity contribution is 7.90. The van der Waals surface area contributed by atoms with Gasteiger partial charge in [-0.1, -0.05) is 12.1 Å². The van der Waals surface area contributed by atoms with Crippen LogP contribution in [0.1, 0.15) is 54.4 Å². The van der Waals surface area contributed by atoms with Crippen LogP contribution in [0.5, 0.6) is 0 Å². The Morgan fingerprint density at radius 2 is 1.78 bits per heavy atom. The Morgan fingerprint density at radius 3 is 2.33 bits per heavy atom. The molecule has 1 amide bonds. The number of sulfone groups is 1. The predicted octanol–water partition coefficient (Wildman–Crippen LogP) is 2.57. The van der Waals surface area contributed by atoms with Gasteiger partial charge in [-0.25, -0.2) is 12.8 Å². The van der Waals surface area contributed by atoms with Gasteiger partial charge in [-0.05, 0) is 61.6 Å². The summed E-state index contributed by atoms with van der Waals surface area (Å²) in [5.74, 6) is 0.585. The summed E-state index contributed by atoms with van der Waals surface area (Å²) >= 11 is 0. The molecule has 27 heavy (non-hydrogen) atoms. The molecule has 2 unspecified atom stereocenters. The monoisotopic (exact) mass is 394 g/mol. The fourth-order valence-electron chi connectivity index (χ4n) is 5.76. The summed E-state index contributed by atoms with van der Waals surface area (Å²) in [6.07, 6.45) is 5.86.